The van der Waals surface area contributed by atoms with Gasteiger partial charge in [0.1, 0.15) is 0 Å². The highest BCUT2D eigenvalue weighted by Crippen LogP contribution is 2.41. The van der Waals surface area contributed by atoms with Gasteiger partial charge >= 0.3 is 0 Å². The number of rotatable bonds is 14. The molecule has 0 bridgehead atoms. The number of Topliss-reactive ketones (excluding diaryl/α,β-unsaturated/α-hetero) is 1. The lowest BCUT2D eigenvalue weighted by molar-refractivity contribution is -0.135. The number of hydrogen-bond donors (Lipinski definition) is 0. The van der Waals surface area contributed by atoms with Gasteiger partial charge in [0.2, 0.25) is 17.4 Å². The Labute approximate surface area is 325 Å². The molecule has 3 aromatic carbocycles. The number of hydrogen-bond acceptors (Lipinski definition) is 8. The summed E-state index contributed by atoms with van der Waals surface area (Å²) >= 11 is 12.7. The summed E-state index contributed by atoms with van der Waals surface area (Å²) in [5.41, 5.74) is 3.56. The van der Waals surface area contributed by atoms with Gasteiger partial charge in [-0.2, -0.15) is 0 Å². The van der Waals surface area contributed by atoms with E-state index in [2.05, 4.69) is 9.88 Å². The number of benzene rings is 3. The first-order valence-corrected chi connectivity index (χ1v) is 18.8. The van der Waals surface area contributed by atoms with Crippen molar-refractivity contribution in [2.75, 3.05) is 41.0 Å². The minimum atomic E-state index is -0.805. The van der Waals surface area contributed by atoms with Gasteiger partial charge < -0.3 is 28.6 Å². The van der Waals surface area contributed by atoms with Crippen LogP contribution in [0.4, 0.5) is 0 Å². The van der Waals surface area contributed by atoms with Gasteiger partial charge in [-0.15, -0.1) is 0 Å². The van der Waals surface area contributed by atoms with Crippen molar-refractivity contribution in [3.05, 3.63) is 124 Å². The highest BCUT2D eigenvalue weighted by Gasteiger charge is 2.43. The molecule has 280 valence electrons. The lowest BCUT2D eigenvalue weighted by Crippen LogP contribution is -2.42. The molecule has 0 radical (unpaired) electrons. The molecule has 2 aromatic heterocycles. The Kier molecular flexibility index (Phi) is 11.2. The number of methoxy groups -OCH3 is 3. The number of fused-ring (bicyclic) bond motifs is 1. The van der Waals surface area contributed by atoms with Crippen molar-refractivity contribution in [1.29, 1.82) is 0 Å². The predicted octanol–water partition coefficient (Wildman–Crippen LogP) is 7.88. The van der Waals surface area contributed by atoms with Crippen LogP contribution < -0.4 is 14.2 Å². The third-order valence-electron chi connectivity index (χ3n) is 10.6. The van der Waals surface area contributed by atoms with Crippen molar-refractivity contribution in [3.8, 4) is 17.2 Å². The maximum absolute atomic E-state index is 14.5. The topological polar surface area (TPSA) is 99.0 Å². The summed E-state index contributed by atoms with van der Waals surface area (Å²) in [4.78, 5) is 42.0. The van der Waals surface area contributed by atoms with E-state index in [9.17, 15) is 9.59 Å². The Bertz CT molecular complexity index is 2160. The van der Waals surface area contributed by atoms with Crippen molar-refractivity contribution in [3.63, 3.8) is 0 Å². The van der Waals surface area contributed by atoms with E-state index in [0.717, 1.165) is 40.9 Å². The molecule has 0 spiro atoms. The van der Waals surface area contributed by atoms with Gasteiger partial charge in [-0.05, 0) is 105 Å². The molecule has 2 aliphatic heterocycles. The smallest absolute Gasteiger partial charge is 0.237 e. The summed E-state index contributed by atoms with van der Waals surface area (Å²) < 4.78 is 18.6. The fourth-order valence-corrected chi connectivity index (χ4v) is 7.99. The van der Waals surface area contributed by atoms with Gasteiger partial charge in [0, 0.05) is 18.3 Å². The molecule has 0 saturated carbocycles. The van der Waals surface area contributed by atoms with Gasteiger partial charge in [0.15, 0.2) is 17.3 Å². The number of carbonyl (C=O) groups is 2. The Balaban J connectivity index is 1.06. The van der Waals surface area contributed by atoms with Gasteiger partial charge in [-0.3, -0.25) is 14.6 Å². The van der Waals surface area contributed by atoms with Gasteiger partial charge in [-0.1, -0.05) is 53.5 Å². The lowest BCUT2D eigenvalue weighted by atomic mass is 9.78. The normalized spacial score (nSPS) is 17.7. The van der Waals surface area contributed by atoms with E-state index in [1.165, 1.54) is 0 Å². The summed E-state index contributed by atoms with van der Waals surface area (Å²) in [6.07, 6.45) is 8.15. The Morgan fingerprint density at radius 3 is 2.30 bits per heavy atom. The number of halogens is 2. The quantitative estimate of drug-likeness (QED) is 0.105. The number of aromatic nitrogens is 3. The molecule has 1 atom stereocenters. The minimum Gasteiger partial charge on any atom is -0.493 e. The second-order valence-electron chi connectivity index (χ2n) is 13.9. The van der Waals surface area contributed by atoms with Crippen molar-refractivity contribution in [1.82, 2.24) is 24.3 Å². The molecule has 12 heteroatoms. The molecule has 7 rings (SSSR count). The van der Waals surface area contributed by atoms with Crippen LogP contribution in [0.3, 0.4) is 0 Å². The van der Waals surface area contributed by atoms with Crippen LogP contribution in [0.25, 0.3) is 11.0 Å². The van der Waals surface area contributed by atoms with Crippen LogP contribution in [-0.2, 0) is 24.3 Å². The molecule has 54 heavy (non-hydrogen) atoms. The summed E-state index contributed by atoms with van der Waals surface area (Å²) in [7, 11) is 4.71. The standard InChI is InChI=1S/C42H43Cl2N5O5/c1-52-36-23-29(24-37(53-2)39(36)54-3)26-48-21-16-42(41(48)51,25-28-11-12-32(43)33(44)22-28)15-20-47-18-13-30(14-19-47)38(50)40-46-34-9-4-5-10-35(34)49(40)27-31-8-6-7-17-45-31/h4-12,16-17,21-24,30H,13-15,18-20,25-27H2,1-3H3. The largest absolute Gasteiger partial charge is 0.493 e. The van der Waals surface area contributed by atoms with E-state index in [1.54, 1.807) is 38.5 Å². The maximum Gasteiger partial charge on any atom is 0.237 e. The third-order valence-corrected chi connectivity index (χ3v) is 11.3. The fraction of sp³-hybridized carbons (Fsp3) is 0.333. The summed E-state index contributed by atoms with van der Waals surface area (Å²) in [6, 6.07) is 22.9. The Hall–Kier alpha value is -4.90. The fourth-order valence-electron chi connectivity index (χ4n) is 7.67. The van der Waals surface area contributed by atoms with Crippen molar-refractivity contribution in [2.45, 2.75) is 38.8 Å². The first kappa shape index (κ1) is 37.4. The average Bonchev–Trinajstić information content (AvgIpc) is 3.71. The molecule has 2 aliphatic rings. The van der Waals surface area contributed by atoms with Crippen LogP contribution in [0.2, 0.25) is 10.0 Å². The number of carbonyl (C=O) groups excluding carboxylic acids is 2. The average molecular weight is 769 g/mol. The number of piperidine rings is 1. The van der Waals surface area contributed by atoms with E-state index in [4.69, 9.17) is 42.4 Å². The summed E-state index contributed by atoms with van der Waals surface area (Å²) in [5, 5.41) is 0.921. The monoisotopic (exact) mass is 767 g/mol. The molecule has 1 saturated heterocycles. The molecule has 1 fully saturated rings. The number of likely N-dealkylation sites (tertiary alicyclic amines) is 1. The number of amides is 1. The minimum absolute atomic E-state index is 0.000744. The van der Waals surface area contributed by atoms with E-state index in [-0.39, 0.29) is 17.6 Å². The highest BCUT2D eigenvalue weighted by atomic mass is 35.5. The predicted molar refractivity (Wildman–Crippen MR) is 210 cm³/mol. The molecule has 0 aliphatic carbocycles. The van der Waals surface area contributed by atoms with Crippen molar-refractivity contribution < 1.29 is 23.8 Å². The molecule has 0 N–H and O–H groups in total. The molecule has 10 nitrogen and oxygen atoms in total. The zero-order chi connectivity index (χ0) is 37.8. The molecule has 1 amide bonds. The number of ether oxygens (including phenoxy) is 3. The SMILES string of the molecule is COc1cc(CN2C=CC(CCN3CCC(C(=O)c4nc5ccccc5n4Cc4ccccn4)CC3)(Cc3ccc(Cl)c(Cl)c3)C2=O)cc(OC)c1OC. The molecule has 1 unspecified atom stereocenters. The van der Waals surface area contributed by atoms with E-state index in [0.29, 0.717) is 78.4 Å². The van der Waals surface area contributed by atoms with E-state index >= 15 is 0 Å². The van der Waals surface area contributed by atoms with Crippen LogP contribution in [0, 0.1) is 11.3 Å². The van der Waals surface area contributed by atoms with Gasteiger partial charge in [-0.25, -0.2) is 4.98 Å². The number of ketones is 1. The van der Waals surface area contributed by atoms with Crippen LogP contribution in [-0.4, -0.2) is 77.0 Å². The van der Waals surface area contributed by atoms with Crippen LogP contribution in [0.1, 0.15) is 46.7 Å². The second-order valence-corrected chi connectivity index (χ2v) is 14.7. The van der Waals surface area contributed by atoms with Crippen LogP contribution in [0.15, 0.2) is 91.3 Å². The summed E-state index contributed by atoms with van der Waals surface area (Å²) in [5.74, 6) is 1.94. The Morgan fingerprint density at radius 1 is 0.870 bits per heavy atom. The van der Waals surface area contributed by atoms with Gasteiger partial charge in [0.25, 0.3) is 0 Å². The van der Waals surface area contributed by atoms with Crippen molar-refractivity contribution in [2.24, 2.45) is 11.3 Å². The van der Waals surface area contributed by atoms with Crippen molar-refractivity contribution >= 4 is 45.9 Å². The third kappa shape index (κ3) is 7.69. The number of nitrogens with zero attached hydrogens (tertiary/aromatic N) is 5. The molecule has 4 heterocycles. The zero-order valence-electron chi connectivity index (χ0n) is 30.6. The van der Waals surface area contributed by atoms with E-state index in [1.807, 2.05) is 83.6 Å². The summed E-state index contributed by atoms with van der Waals surface area (Å²) in [6.45, 7) is 2.97. The first-order valence-electron chi connectivity index (χ1n) is 18.1. The van der Waals surface area contributed by atoms with Crippen LogP contribution in [0.5, 0.6) is 17.2 Å². The first-order chi connectivity index (χ1) is 26.2. The zero-order valence-corrected chi connectivity index (χ0v) is 32.1. The number of imidazole rings is 1. The maximum atomic E-state index is 14.5. The number of para-hydroxylation sites is 2. The van der Waals surface area contributed by atoms with E-state index < -0.39 is 5.41 Å². The molecule has 5 aromatic rings. The Morgan fingerprint density at radius 2 is 1.61 bits per heavy atom. The number of pyridine rings is 1. The van der Waals surface area contributed by atoms with Gasteiger partial charge in [0.05, 0.1) is 66.6 Å². The second kappa shape index (κ2) is 16.2. The highest BCUT2D eigenvalue weighted by molar-refractivity contribution is 6.42. The van der Waals surface area contributed by atoms with Crippen LogP contribution >= 0.6 is 23.2 Å². The molecular formula is C42H43Cl2N5O5. The molecular weight excluding hydrogens is 725 g/mol. The lowest BCUT2D eigenvalue weighted by Gasteiger charge is -2.35.